The SMILES string of the molecule is NCc1ccc(Oc2ccccc2F)c(F)c1. The maximum atomic E-state index is 13.6. The smallest absolute Gasteiger partial charge is 0.166 e. The first kappa shape index (κ1) is 11.5. The van der Waals surface area contributed by atoms with E-state index >= 15 is 0 Å². The fraction of sp³-hybridized carbons (Fsp3) is 0.0769. The highest BCUT2D eigenvalue weighted by Gasteiger charge is 2.08. The number of hydrogen-bond donors (Lipinski definition) is 1. The van der Waals surface area contributed by atoms with Crippen LogP contribution in [-0.4, -0.2) is 0 Å². The molecule has 0 saturated heterocycles. The highest BCUT2D eigenvalue weighted by Crippen LogP contribution is 2.26. The molecule has 0 radical (unpaired) electrons. The molecular formula is C13H11F2NO. The maximum Gasteiger partial charge on any atom is 0.166 e. The molecule has 17 heavy (non-hydrogen) atoms. The zero-order chi connectivity index (χ0) is 12.3. The molecule has 0 aliphatic heterocycles. The van der Waals surface area contributed by atoms with E-state index in [9.17, 15) is 8.78 Å². The van der Waals surface area contributed by atoms with E-state index < -0.39 is 11.6 Å². The minimum atomic E-state index is -0.559. The van der Waals surface area contributed by atoms with Crippen LogP contribution < -0.4 is 10.5 Å². The summed E-state index contributed by atoms with van der Waals surface area (Å²) in [4.78, 5) is 0. The summed E-state index contributed by atoms with van der Waals surface area (Å²) in [5, 5.41) is 0. The second-order valence-electron chi connectivity index (χ2n) is 3.50. The number of halogens is 2. The summed E-state index contributed by atoms with van der Waals surface area (Å²) in [6.45, 7) is 0.247. The third kappa shape index (κ3) is 2.60. The van der Waals surface area contributed by atoms with Crippen LogP contribution >= 0.6 is 0 Å². The average molecular weight is 235 g/mol. The third-order valence-electron chi connectivity index (χ3n) is 2.29. The molecule has 2 aromatic carbocycles. The highest BCUT2D eigenvalue weighted by molar-refractivity contribution is 5.35. The largest absolute Gasteiger partial charge is 0.451 e. The Bertz CT molecular complexity index is 529. The molecule has 2 rings (SSSR count). The van der Waals surface area contributed by atoms with E-state index in [0.717, 1.165) is 0 Å². The molecule has 2 nitrogen and oxygen atoms in total. The maximum absolute atomic E-state index is 13.6. The van der Waals surface area contributed by atoms with Gasteiger partial charge in [0, 0.05) is 6.54 Å². The third-order valence-corrected chi connectivity index (χ3v) is 2.29. The van der Waals surface area contributed by atoms with Crippen LogP contribution in [0.5, 0.6) is 11.5 Å². The second-order valence-corrected chi connectivity index (χ2v) is 3.50. The Morgan fingerprint density at radius 1 is 0.941 bits per heavy atom. The Morgan fingerprint density at radius 2 is 1.65 bits per heavy atom. The first-order valence-electron chi connectivity index (χ1n) is 5.11. The van der Waals surface area contributed by atoms with Crippen molar-refractivity contribution in [2.45, 2.75) is 6.54 Å². The molecule has 88 valence electrons. The van der Waals surface area contributed by atoms with E-state index in [1.54, 1.807) is 12.1 Å². The van der Waals surface area contributed by atoms with Crippen molar-refractivity contribution >= 4 is 0 Å². The Morgan fingerprint density at radius 3 is 2.29 bits per heavy atom. The summed E-state index contributed by atoms with van der Waals surface area (Å²) in [6.07, 6.45) is 0. The number of para-hydroxylation sites is 1. The standard InChI is InChI=1S/C13H11F2NO/c14-10-3-1-2-4-12(10)17-13-6-5-9(8-16)7-11(13)15/h1-7H,8,16H2. The minimum absolute atomic E-state index is 0.00750. The summed E-state index contributed by atoms with van der Waals surface area (Å²) in [5.41, 5.74) is 6.03. The molecule has 0 unspecified atom stereocenters. The molecule has 0 saturated carbocycles. The van der Waals surface area contributed by atoms with E-state index in [1.165, 1.54) is 30.3 Å². The lowest BCUT2D eigenvalue weighted by molar-refractivity contribution is 0.414. The fourth-order valence-electron chi connectivity index (χ4n) is 1.40. The Hall–Kier alpha value is -1.94. The number of benzene rings is 2. The lowest BCUT2D eigenvalue weighted by Gasteiger charge is -2.08. The molecule has 0 amide bonds. The van der Waals surface area contributed by atoms with Crippen LogP contribution in [0.15, 0.2) is 42.5 Å². The topological polar surface area (TPSA) is 35.2 Å². The summed E-state index contributed by atoms with van der Waals surface area (Å²) in [7, 11) is 0. The van der Waals surface area contributed by atoms with Crippen LogP contribution in [0.4, 0.5) is 8.78 Å². The zero-order valence-electron chi connectivity index (χ0n) is 8.99. The molecule has 2 aromatic rings. The van der Waals surface area contributed by atoms with Gasteiger partial charge in [-0.2, -0.15) is 0 Å². The summed E-state index contributed by atoms with van der Waals surface area (Å²) in [5.74, 6) is -1.12. The van der Waals surface area contributed by atoms with E-state index in [2.05, 4.69) is 0 Å². The van der Waals surface area contributed by atoms with Crippen molar-refractivity contribution in [3.8, 4) is 11.5 Å². The Kier molecular flexibility index (Phi) is 3.35. The van der Waals surface area contributed by atoms with Gasteiger partial charge in [-0.25, -0.2) is 8.78 Å². The number of rotatable bonds is 3. The average Bonchev–Trinajstić information content (AvgIpc) is 2.34. The van der Waals surface area contributed by atoms with E-state index in [4.69, 9.17) is 10.5 Å². The van der Waals surface area contributed by atoms with Crippen LogP contribution in [0, 0.1) is 11.6 Å². The van der Waals surface area contributed by atoms with Gasteiger partial charge in [-0.15, -0.1) is 0 Å². The molecule has 0 spiro atoms. The molecule has 0 heterocycles. The molecule has 2 N–H and O–H groups in total. The van der Waals surface area contributed by atoms with Crippen molar-refractivity contribution in [2.75, 3.05) is 0 Å². The van der Waals surface area contributed by atoms with E-state index in [-0.39, 0.29) is 18.0 Å². The highest BCUT2D eigenvalue weighted by atomic mass is 19.1. The van der Waals surface area contributed by atoms with Crippen LogP contribution in [-0.2, 0) is 6.54 Å². The van der Waals surface area contributed by atoms with Gasteiger partial charge < -0.3 is 10.5 Å². The molecule has 4 heteroatoms. The van der Waals surface area contributed by atoms with Gasteiger partial charge >= 0.3 is 0 Å². The predicted molar refractivity (Wildman–Crippen MR) is 60.8 cm³/mol. The number of hydrogen-bond acceptors (Lipinski definition) is 2. The van der Waals surface area contributed by atoms with Crippen molar-refractivity contribution in [2.24, 2.45) is 5.73 Å². The first-order chi connectivity index (χ1) is 8.20. The molecule has 0 atom stereocenters. The van der Waals surface area contributed by atoms with Crippen LogP contribution in [0.25, 0.3) is 0 Å². The predicted octanol–water partition coefficient (Wildman–Crippen LogP) is 3.22. The molecule has 0 aliphatic rings. The van der Waals surface area contributed by atoms with Crippen molar-refractivity contribution in [3.05, 3.63) is 59.7 Å². The normalized spacial score (nSPS) is 10.3. The lowest BCUT2D eigenvalue weighted by Crippen LogP contribution is -1.98. The van der Waals surface area contributed by atoms with Crippen LogP contribution in [0.3, 0.4) is 0 Å². The first-order valence-corrected chi connectivity index (χ1v) is 5.11. The van der Waals surface area contributed by atoms with Gasteiger partial charge in [0.2, 0.25) is 0 Å². The van der Waals surface area contributed by atoms with Gasteiger partial charge in [0.15, 0.2) is 23.1 Å². The van der Waals surface area contributed by atoms with Crippen molar-refractivity contribution in [1.82, 2.24) is 0 Å². The van der Waals surface area contributed by atoms with E-state index in [1.807, 2.05) is 0 Å². The van der Waals surface area contributed by atoms with Gasteiger partial charge in [0.05, 0.1) is 0 Å². The van der Waals surface area contributed by atoms with Gasteiger partial charge in [0.25, 0.3) is 0 Å². The zero-order valence-corrected chi connectivity index (χ0v) is 8.99. The van der Waals surface area contributed by atoms with Gasteiger partial charge in [-0.3, -0.25) is 0 Å². The fourth-order valence-corrected chi connectivity index (χ4v) is 1.40. The lowest BCUT2D eigenvalue weighted by atomic mass is 10.2. The second kappa shape index (κ2) is 4.93. The quantitative estimate of drug-likeness (QED) is 0.886. The number of ether oxygens (including phenoxy) is 1. The van der Waals surface area contributed by atoms with Gasteiger partial charge in [-0.1, -0.05) is 18.2 Å². The monoisotopic (exact) mass is 235 g/mol. The summed E-state index contributed by atoms with van der Waals surface area (Å²) < 4.78 is 32.0. The molecule has 0 aromatic heterocycles. The summed E-state index contributed by atoms with van der Waals surface area (Å²) >= 11 is 0. The Balaban J connectivity index is 2.28. The van der Waals surface area contributed by atoms with Gasteiger partial charge in [-0.05, 0) is 29.8 Å². The van der Waals surface area contributed by atoms with Crippen molar-refractivity contribution < 1.29 is 13.5 Å². The molecular weight excluding hydrogens is 224 g/mol. The van der Waals surface area contributed by atoms with Crippen LogP contribution in [0.2, 0.25) is 0 Å². The van der Waals surface area contributed by atoms with E-state index in [0.29, 0.717) is 5.56 Å². The number of nitrogens with two attached hydrogens (primary N) is 1. The molecule has 0 fully saturated rings. The van der Waals surface area contributed by atoms with Crippen LogP contribution in [0.1, 0.15) is 5.56 Å². The minimum Gasteiger partial charge on any atom is -0.451 e. The Labute approximate surface area is 97.6 Å². The van der Waals surface area contributed by atoms with Crippen molar-refractivity contribution in [3.63, 3.8) is 0 Å². The molecule has 0 aliphatic carbocycles. The molecule has 0 bridgehead atoms. The van der Waals surface area contributed by atoms with Gasteiger partial charge in [0.1, 0.15) is 0 Å². The summed E-state index contributed by atoms with van der Waals surface area (Å²) in [6, 6.07) is 10.2. The van der Waals surface area contributed by atoms with Crippen molar-refractivity contribution in [1.29, 1.82) is 0 Å².